The molecule has 1 N–H and O–H groups in total. The summed E-state index contributed by atoms with van der Waals surface area (Å²) < 4.78 is 34.7. The van der Waals surface area contributed by atoms with Crippen LogP contribution in [0.1, 0.15) is 386 Å². The minimum absolute atomic E-state index is 0.0346. The van der Waals surface area contributed by atoms with Gasteiger partial charge in [-0.3, -0.25) is 18.6 Å². The van der Waals surface area contributed by atoms with E-state index in [1.54, 1.807) is 0 Å². The lowest BCUT2D eigenvalue weighted by Crippen LogP contribution is -2.37. The summed E-state index contributed by atoms with van der Waals surface area (Å²) in [5.74, 6) is -0.781. The van der Waals surface area contributed by atoms with Gasteiger partial charge in [-0.05, 0) is 38.5 Å². The third-order valence-electron chi connectivity index (χ3n) is 16.8. The van der Waals surface area contributed by atoms with Gasteiger partial charge in [-0.1, -0.05) is 347 Å². The van der Waals surface area contributed by atoms with E-state index in [4.69, 9.17) is 18.5 Å². The van der Waals surface area contributed by atoms with Gasteiger partial charge in [0.1, 0.15) is 19.8 Å². The van der Waals surface area contributed by atoms with Gasteiger partial charge < -0.3 is 18.9 Å². The number of rotatable bonds is 69. The van der Waals surface area contributed by atoms with Crippen LogP contribution in [-0.2, 0) is 32.7 Å². The lowest BCUT2D eigenvalue weighted by atomic mass is 10.0. The van der Waals surface area contributed by atoms with E-state index in [0.29, 0.717) is 23.9 Å². The van der Waals surface area contributed by atoms with E-state index >= 15 is 0 Å². The number of unbranched alkanes of at least 4 members (excludes halogenated alkanes) is 53. The van der Waals surface area contributed by atoms with Crippen molar-refractivity contribution in [3.05, 3.63) is 12.2 Å². The molecule has 488 valence electrons. The highest BCUT2D eigenvalue weighted by Gasteiger charge is 2.27. The summed E-state index contributed by atoms with van der Waals surface area (Å²) in [6.07, 6.45) is 79.3. The van der Waals surface area contributed by atoms with Crippen LogP contribution < -0.4 is 0 Å². The molecule has 0 aliphatic heterocycles. The number of esters is 2. The van der Waals surface area contributed by atoms with Crippen LogP contribution in [0.2, 0.25) is 0 Å². The van der Waals surface area contributed by atoms with Crippen molar-refractivity contribution in [1.82, 2.24) is 0 Å². The normalized spacial score (nSPS) is 13.1. The van der Waals surface area contributed by atoms with Crippen molar-refractivity contribution in [1.29, 1.82) is 0 Å². The maximum Gasteiger partial charge on any atom is 0.472 e. The van der Waals surface area contributed by atoms with Crippen molar-refractivity contribution in [2.75, 3.05) is 47.5 Å². The molecule has 0 heterocycles. The second kappa shape index (κ2) is 64.2. The Morgan fingerprint density at radius 2 is 0.622 bits per heavy atom. The Morgan fingerprint density at radius 3 is 0.902 bits per heavy atom. The molecule has 0 saturated carbocycles. The average Bonchev–Trinajstić information content (AvgIpc) is 3.46. The Labute approximate surface area is 511 Å². The molecule has 0 fully saturated rings. The van der Waals surface area contributed by atoms with Gasteiger partial charge in [-0.2, -0.15) is 0 Å². The molecule has 0 amide bonds. The lowest BCUT2D eigenvalue weighted by molar-refractivity contribution is -0.870. The maximum atomic E-state index is 12.8. The Kier molecular flexibility index (Phi) is 63.3. The molecule has 82 heavy (non-hydrogen) atoms. The smallest absolute Gasteiger partial charge is 0.462 e. The van der Waals surface area contributed by atoms with E-state index in [9.17, 15) is 19.0 Å². The lowest BCUT2D eigenvalue weighted by Gasteiger charge is -2.24. The van der Waals surface area contributed by atoms with Gasteiger partial charge in [-0.25, -0.2) is 4.57 Å². The standard InChI is InChI=1S/C72H142NO8P/c1-6-8-10-12-14-16-18-20-22-24-25-26-27-28-29-30-31-32-33-34-35-36-37-38-39-40-41-42-43-44-45-46-47-49-50-52-54-56-58-60-62-64-71(74)78-68-70(69-80-82(76,77)79-67-66-73(3,4)5)81-72(75)65-63-61-59-57-55-53-51-48-23-21-19-17-15-13-11-9-7-2/h21,23,70H,6-20,22,24-69H2,1-5H3/p+1/b23-21-. The topological polar surface area (TPSA) is 108 Å². The quantitative estimate of drug-likeness (QED) is 0.0211. The van der Waals surface area contributed by atoms with E-state index in [1.165, 1.54) is 308 Å². The van der Waals surface area contributed by atoms with Crippen molar-refractivity contribution < 1.29 is 42.1 Å². The number of carbonyl (C=O) groups is 2. The Morgan fingerprint density at radius 1 is 0.366 bits per heavy atom. The molecule has 0 aromatic heterocycles. The molecule has 0 aromatic rings. The third kappa shape index (κ3) is 67.9. The van der Waals surface area contributed by atoms with E-state index in [1.807, 2.05) is 21.1 Å². The van der Waals surface area contributed by atoms with Gasteiger partial charge in [0, 0.05) is 12.8 Å². The minimum Gasteiger partial charge on any atom is -0.462 e. The molecule has 0 aliphatic rings. The zero-order valence-corrected chi connectivity index (χ0v) is 56.7. The van der Waals surface area contributed by atoms with Gasteiger partial charge in [0.2, 0.25) is 0 Å². The number of quaternary nitrogens is 1. The zero-order valence-electron chi connectivity index (χ0n) is 55.8. The van der Waals surface area contributed by atoms with Crippen molar-refractivity contribution in [2.45, 2.75) is 392 Å². The second-order valence-corrected chi connectivity index (χ2v) is 27.8. The highest BCUT2D eigenvalue weighted by molar-refractivity contribution is 7.47. The van der Waals surface area contributed by atoms with E-state index in [2.05, 4.69) is 26.0 Å². The fourth-order valence-corrected chi connectivity index (χ4v) is 11.9. The van der Waals surface area contributed by atoms with Crippen LogP contribution in [0.15, 0.2) is 12.2 Å². The van der Waals surface area contributed by atoms with Gasteiger partial charge in [0.15, 0.2) is 6.10 Å². The van der Waals surface area contributed by atoms with Crippen LogP contribution in [0.4, 0.5) is 0 Å². The summed E-state index contributed by atoms with van der Waals surface area (Å²) in [5, 5.41) is 0. The number of carbonyl (C=O) groups excluding carboxylic acids is 2. The van der Waals surface area contributed by atoms with Crippen molar-refractivity contribution in [2.24, 2.45) is 0 Å². The van der Waals surface area contributed by atoms with E-state index in [-0.39, 0.29) is 25.6 Å². The monoisotopic (exact) mass is 1180 g/mol. The van der Waals surface area contributed by atoms with Gasteiger partial charge in [0.05, 0.1) is 27.7 Å². The molecule has 0 saturated heterocycles. The number of phosphoric acid groups is 1. The molecule has 2 atom stereocenters. The molecule has 0 aromatic carbocycles. The summed E-state index contributed by atoms with van der Waals surface area (Å²) in [5.41, 5.74) is 0. The van der Waals surface area contributed by atoms with Crippen molar-refractivity contribution in [3.8, 4) is 0 Å². The Hall–Kier alpha value is -1.25. The van der Waals surface area contributed by atoms with Gasteiger partial charge >= 0.3 is 19.8 Å². The predicted octanol–water partition coefficient (Wildman–Crippen LogP) is 23.5. The molecule has 0 radical (unpaired) electrons. The number of hydrogen-bond acceptors (Lipinski definition) is 7. The van der Waals surface area contributed by atoms with E-state index in [0.717, 1.165) is 44.9 Å². The number of allylic oxidation sites excluding steroid dienone is 2. The summed E-state index contributed by atoms with van der Waals surface area (Å²) in [7, 11) is 1.50. The SMILES string of the molecule is CCCCCCCC/C=C\CCCCCCCCCC(=O)OC(COC(=O)CCCCCCCCCCCCCCCCCCCCCCCCCCCCCCCCCCCCCCCCCCC)COP(=O)(O)OCC[N+](C)(C)C. The highest BCUT2D eigenvalue weighted by Crippen LogP contribution is 2.43. The number of ether oxygens (including phenoxy) is 2. The second-order valence-electron chi connectivity index (χ2n) is 26.3. The Balaban J connectivity index is 3.81. The van der Waals surface area contributed by atoms with Crippen LogP contribution in [0, 0.1) is 0 Å². The molecule has 0 spiro atoms. The Bertz CT molecular complexity index is 1390. The largest absolute Gasteiger partial charge is 0.472 e. The number of nitrogens with zero attached hydrogens (tertiary/aromatic N) is 1. The van der Waals surface area contributed by atoms with Gasteiger partial charge in [-0.15, -0.1) is 0 Å². The summed E-state index contributed by atoms with van der Waals surface area (Å²) in [6, 6.07) is 0. The van der Waals surface area contributed by atoms with Crippen LogP contribution in [-0.4, -0.2) is 74.9 Å². The fraction of sp³-hybridized carbons (Fsp3) is 0.944. The molecule has 0 aliphatic carbocycles. The molecular weight excluding hydrogens is 1040 g/mol. The molecular formula is C72H143NO8P+. The van der Waals surface area contributed by atoms with E-state index < -0.39 is 26.5 Å². The maximum absolute atomic E-state index is 12.8. The van der Waals surface area contributed by atoms with Crippen LogP contribution in [0.25, 0.3) is 0 Å². The summed E-state index contributed by atoms with van der Waals surface area (Å²) in [4.78, 5) is 35.8. The molecule has 0 rings (SSSR count). The fourth-order valence-electron chi connectivity index (χ4n) is 11.2. The van der Waals surface area contributed by atoms with Crippen LogP contribution >= 0.6 is 7.82 Å². The number of likely N-dealkylation sites (N-methyl/N-ethyl adjacent to an activating group) is 1. The third-order valence-corrected chi connectivity index (χ3v) is 17.8. The van der Waals surface area contributed by atoms with Crippen molar-refractivity contribution in [3.63, 3.8) is 0 Å². The van der Waals surface area contributed by atoms with Crippen LogP contribution in [0.3, 0.4) is 0 Å². The minimum atomic E-state index is -4.38. The van der Waals surface area contributed by atoms with Crippen LogP contribution in [0.5, 0.6) is 0 Å². The van der Waals surface area contributed by atoms with Gasteiger partial charge in [0.25, 0.3) is 0 Å². The average molecular weight is 1180 g/mol. The summed E-state index contributed by atoms with van der Waals surface area (Å²) in [6.45, 7) is 4.49. The number of hydrogen-bond donors (Lipinski definition) is 1. The first kappa shape index (κ1) is 80.8. The first-order chi connectivity index (χ1) is 40.0. The first-order valence-electron chi connectivity index (χ1n) is 36.4. The molecule has 9 nitrogen and oxygen atoms in total. The molecule has 10 heteroatoms. The molecule has 2 unspecified atom stereocenters. The predicted molar refractivity (Wildman–Crippen MR) is 354 cm³/mol. The highest BCUT2D eigenvalue weighted by atomic mass is 31.2. The number of phosphoric ester groups is 1. The zero-order chi connectivity index (χ0) is 59.8. The summed E-state index contributed by atoms with van der Waals surface area (Å²) >= 11 is 0. The van der Waals surface area contributed by atoms with Crippen molar-refractivity contribution >= 4 is 19.8 Å². The first-order valence-corrected chi connectivity index (χ1v) is 37.9. The molecule has 0 bridgehead atoms.